The molecule has 672 valence electrons. The van der Waals surface area contributed by atoms with E-state index < -0.39 is 199 Å². The van der Waals surface area contributed by atoms with Crippen LogP contribution in [0.4, 0.5) is 4.39 Å². The second-order valence-electron chi connectivity index (χ2n) is 31.7. The number of nitrogens with two attached hydrogens (primary N) is 2. The summed E-state index contributed by atoms with van der Waals surface area (Å²) in [5, 5.41) is 90.7. The Labute approximate surface area is 716 Å². The first kappa shape index (κ1) is 98.7. The number of halogens is 1. The first-order valence-corrected chi connectivity index (χ1v) is 41.7. The molecule has 0 bridgehead atoms. The third-order valence-electron chi connectivity index (χ3n) is 21.6. The number of carbonyl (C=O) groups is 14. The van der Waals surface area contributed by atoms with Crippen molar-refractivity contribution >= 4 is 82.9 Å². The molecule has 0 spiro atoms. The number of aliphatic carboxylic acids is 3. The maximum Gasteiger partial charge on any atom is 0.305 e. The number of primary amides is 1. The number of imidazole rings is 1. The van der Waals surface area contributed by atoms with E-state index in [2.05, 4.69) is 68.1 Å². The number of aromatic nitrogens is 5. The van der Waals surface area contributed by atoms with E-state index in [9.17, 15) is 92.7 Å². The van der Waals surface area contributed by atoms with E-state index in [1.807, 2.05) is 30.3 Å². The third kappa shape index (κ3) is 30.9. The Morgan fingerprint density at radius 1 is 0.589 bits per heavy atom. The number of H-pyrrole nitrogens is 1. The lowest BCUT2D eigenvalue weighted by Crippen LogP contribution is -2.67. The second-order valence-corrected chi connectivity index (χ2v) is 31.7. The lowest BCUT2D eigenvalue weighted by Gasteiger charge is -2.36. The normalized spacial score (nSPS) is 16.0. The molecule has 0 unspecified atom stereocenters. The van der Waals surface area contributed by atoms with E-state index in [-0.39, 0.29) is 44.2 Å². The van der Waals surface area contributed by atoms with E-state index in [4.69, 9.17) is 16.6 Å². The number of carboxylic acids is 3. The molecule has 37 nitrogen and oxygen atoms in total. The highest BCUT2D eigenvalue weighted by atomic mass is 19.1. The van der Waals surface area contributed by atoms with Crippen molar-refractivity contribution in [3.8, 4) is 16.8 Å². The van der Waals surface area contributed by atoms with Crippen molar-refractivity contribution in [3.05, 3.63) is 156 Å². The molecule has 4 aromatic carbocycles. The maximum atomic E-state index is 15.6. The summed E-state index contributed by atoms with van der Waals surface area (Å²) in [5.41, 5.74) is 12.6. The van der Waals surface area contributed by atoms with Gasteiger partial charge in [0.05, 0.1) is 67.4 Å². The molecule has 38 heteroatoms. The number of aromatic amines is 1. The molecule has 20 N–H and O–H groups in total. The number of benzene rings is 4. The number of hydrogen-bond donors (Lipinski definition) is 18. The number of aliphatic hydroxyl groups excluding tert-OH is 3. The fourth-order valence-corrected chi connectivity index (χ4v) is 14.5. The predicted molar refractivity (Wildman–Crippen MR) is 448 cm³/mol. The molecule has 1 saturated heterocycles. The number of carboxylic acid groups (broad SMARTS) is 3. The molecular weight excluding hydrogens is 1610 g/mol. The number of rotatable bonds is 54. The van der Waals surface area contributed by atoms with Crippen LogP contribution in [0, 0.1) is 5.82 Å². The number of likely N-dealkylation sites (tertiary alicyclic amines) is 1. The van der Waals surface area contributed by atoms with Crippen molar-refractivity contribution in [2.24, 2.45) is 11.5 Å². The largest absolute Gasteiger partial charge is 0.481 e. The highest BCUT2D eigenvalue weighted by molar-refractivity contribution is 6.01. The molecule has 2 aromatic heterocycles. The molecular formula is C86H116FN17O20. The fourth-order valence-electron chi connectivity index (χ4n) is 14.5. The Kier molecular flexibility index (Phi) is 39.0. The predicted octanol–water partition coefficient (Wildman–Crippen LogP) is 1.83. The van der Waals surface area contributed by atoms with Crippen LogP contribution in [-0.4, -0.2) is 235 Å². The van der Waals surface area contributed by atoms with Crippen molar-refractivity contribution in [2.75, 3.05) is 19.7 Å². The summed E-state index contributed by atoms with van der Waals surface area (Å²) < 4.78 is 17.3. The topological polar surface area (TPSA) is 583 Å². The Bertz CT molecular complexity index is 4580. The third-order valence-corrected chi connectivity index (χ3v) is 21.6. The molecule has 0 radical (unpaired) electrons. The van der Waals surface area contributed by atoms with Gasteiger partial charge in [0.2, 0.25) is 65.0 Å². The molecule has 1 aliphatic heterocycles. The van der Waals surface area contributed by atoms with Crippen molar-refractivity contribution in [1.29, 1.82) is 0 Å². The van der Waals surface area contributed by atoms with Gasteiger partial charge in [-0.25, -0.2) is 14.1 Å². The SMILES string of the molecule is C[C@@H](O)[C@H](NC(=O)CNC(=O)[C@H](CCC(=O)O)NC(=O)[C@]1(C)CCCN1C(=O)[C@@H](N)Cc1c[nH]cn1)C(=O)N[C@@](C)(Cc1ccccc1F)C(=O)N[C@H](C(=O)N[C@@H](CO)C(=O)N[C@@H](CC(=O)O)C(=O)N[C@@H](Cc1ccc(-c2ccccc2)cc1)C(=O)N[C@@H](Cc1ccc(-n2nncc2CCCCCCCCCCCCCCCC(=O)O)cc1)C(N)=O)[C@@H](C)O. The van der Waals surface area contributed by atoms with Crippen molar-refractivity contribution in [2.45, 2.75) is 253 Å². The summed E-state index contributed by atoms with van der Waals surface area (Å²) >= 11 is 0. The summed E-state index contributed by atoms with van der Waals surface area (Å²) in [6.07, 6.45) is 12.8. The molecule has 0 saturated carbocycles. The molecule has 6 aromatic rings. The van der Waals surface area contributed by atoms with Gasteiger partial charge in [-0.2, -0.15) is 0 Å². The van der Waals surface area contributed by atoms with Gasteiger partial charge in [-0.05, 0) is 112 Å². The van der Waals surface area contributed by atoms with Crippen molar-refractivity contribution in [1.82, 2.24) is 77.7 Å². The van der Waals surface area contributed by atoms with E-state index in [1.165, 1.54) is 62.0 Å². The van der Waals surface area contributed by atoms with E-state index in [0.717, 1.165) is 108 Å². The molecule has 124 heavy (non-hydrogen) atoms. The van der Waals surface area contributed by atoms with Gasteiger partial charge in [0.15, 0.2) is 0 Å². The number of hydrogen-bond acceptors (Lipinski definition) is 21. The fraction of sp³-hybridized carbons (Fsp3) is 0.500. The molecule has 7 rings (SSSR count). The van der Waals surface area contributed by atoms with Crippen LogP contribution in [0.5, 0.6) is 0 Å². The van der Waals surface area contributed by atoms with E-state index in [0.29, 0.717) is 28.9 Å². The quantitative estimate of drug-likeness (QED) is 0.0242. The standard InChI is InChI=1S/C86H116FN17O20/c1-52(106)73(100-83(123)85(3,46-58-26-21-22-28-62(58)87)101-81(121)74(53(2)107)99-69(108)49-91-76(116)64(38-39-71(111)112)98-84(124)86(4)40-23-41-103(86)82(122)63(88)44-59-47-90-51-92-59)80(120)97-68(50-105)79(119)96-67(45-72(113)114)78(118)95-66(43-54-30-34-57(35-31-54)56-24-17-16-18-25-56)77(117)94-65(75(89)115)42-55-32-36-60(37-33-55)104-61(48-93-102-104)27-19-14-12-10-8-6-5-7-9-11-13-15-20-29-70(109)110/h16-18,21-22,24-26,28,30-37,47-48,51-53,63-68,73-74,105-107H,5-15,19-20,23,27,29,38-46,49-50,88H2,1-4H3,(H2,89,115)(H,90,92)(H,91,116)(H,94,117)(H,95,118)(H,96,119)(H,97,120)(H,98,124)(H,99,108)(H,100,123)(H,101,121)(H,109,110)(H,111,112)(H,113,114)/t52-,53-,63+,64+,65+,66+,67+,68+,73+,74+,85+,86+/m1/s1. The molecule has 12 atom stereocenters. The zero-order valence-corrected chi connectivity index (χ0v) is 70.1. The van der Waals surface area contributed by atoms with Crippen LogP contribution in [0.1, 0.15) is 178 Å². The number of unbranched alkanes of at least 4 members (excludes halogenated alkanes) is 12. The van der Waals surface area contributed by atoms with Gasteiger partial charge in [-0.15, -0.1) is 5.10 Å². The van der Waals surface area contributed by atoms with Crippen molar-refractivity contribution in [3.63, 3.8) is 0 Å². The zero-order chi connectivity index (χ0) is 90.6. The van der Waals surface area contributed by atoms with Crippen LogP contribution in [0.15, 0.2) is 122 Å². The first-order valence-electron chi connectivity index (χ1n) is 41.7. The average molecular weight is 1730 g/mol. The number of nitrogens with one attached hydrogen (secondary N) is 10. The van der Waals surface area contributed by atoms with Crippen LogP contribution >= 0.6 is 0 Å². The van der Waals surface area contributed by atoms with Gasteiger partial charge < -0.3 is 99.8 Å². The Hall–Kier alpha value is -12.4. The highest BCUT2D eigenvalue weighted by Gasteiger charge is 2.48. The summed E-state index contributed by atoms with van der Waals surface area (Å²) in [6.45, 7) is 2.39. The second kappa shape index (κ2) is 49.0. The minimum atomic E-state index is -2.43. The lowest BCUT2D eigenvalue weighted by molar-refractivity contribution is -0.146. The van der Waals surface area contributed by atoms with Gasteiger partial charge in [0, 0.05) is 51.3 Å². The van der Waals surface area contributed by atoms with Gasteiger partial charge >= 0.3 is 17.9 Å². The summed E-state index contributed by atoms with van der Waals surface area (Å²) in [4.78, 5) is 198. The summed E-state index contributed by atoms with van der Waals surface area (Å²) in [6, 6.07) is 13.9. The van der Waals surface area contributed by atoms with E-state index >= 15 is 4.39 Å². The molecule has 1 fully saturated rings. The highest BCUT2D eigenvalue weighted by Crippen LogP contribution is 2.31. The summed E-state index contributed by atoms with van der Waals surface area (Å²) in [7, 11) is 0. The van der Waals surface area contributed by atoms with Crippen LogP contribution in [0.2, 0.25) is 0 Å². The molecule has 3 heterocycles. The zero-order valence-electron chi connectivity index (χ0n) is 70.1. The van der Waals surface area contributed by atoms with Gasteiger partial charge in [0.25, 0.3) is 0 Å². The first-order chi connectivity index (χ1) is 59.1. The van der Waals surface area contributed by atoms with Gasteiger partial charge in [-0.1, -0.05) is 161 Å². The minimum absolute atomic E-state index is 0.0263. The average Bonchev–Trinajstić information content (AvgIpc) is 1.60. The molecule has 1 aliphatic rings. The number of aliphatic hydroxyl groups is 3. The molecule has 11 amide bonds. The van der Waals surface area contributed by atoms with E-state index in [1.54, 1.807) is 65.6 Å². The Balaban J connectivity index is 0.993. The Morgan fingerprint density at radius 3 is 1.71 bits per heavy atom. The smallest absolute Gasteiger partial charge is 0.305 e. The monoisotopic (exact) mass is 1730 g/mol. The maximum absolute atomic E-state index is 15.6. The number of aryl methyl sites for hydroxylation is 1. The number of nitrogens with zero attached hydrogens (tertiary/aromatic N) is 5. The van der Waals surface area contributed by atoms with Crippen molar-refractivity contribution < 1.29 is 102 Å². The minimum Gasteiger partial charge on any atom is -0.481 e. The Morgan fingerprint density at radius 2 is 1.13 bits per heavy atom. The molecule has 0 aliphatic carbocycles. The van der Waals surface area contributed by atoms with Gasteiger partial charge in [0.1, 0.15) is 59.2 Å². The van der Waals surface area contributed by atoms with Crippen LogP contribution < -0.4 is 59.3 Å². The summed E-state index contributed by atoms with van der Waals surface area (Å²) in [5.74, 6) is -17.1. The van der Waals surface area contributed by atoms with Crippen LogP contribution in [-0.2, 0) is 99.2 Å². The van der Waals surface area contributed by atoms with Crippen LogP contribution in [0.25, 0.3) is 16.8 Å². The van der Waals surface area contributed by atoms with Crippen LogP contribution in [0.3, 0.4) is 0 Å². The lowest BCUT2D eigenvalue weighted by atomic mass is 9.90. The number of carbonyl (C=O) groups excluding carboxylic acids is 11. The van der Waals surface area contributed by atoms with Gasteiger partial charge in [-0.3, -0.25) is 67.1 Å². The number of amides is 11.